The number of aliphatic hydroxyl groups excluding tert-OH is 1. The van der Waals surface area contributed by atoms with Crippen molar-refractivity contribution in [2.75, 3.05) is 25.6 Å². The van der Waals surface area contributed by atoms with Crippen LogP contribution in [0.25, 0.3) is 5.65 Å². The van der Waals surface area contributed by atoms with Crippen molar-refractivity contribution in [2.45, 2.75) is 13.0 Å². The molecule has 1 unspecified atom stereocenters. The van der Waals surface area contributed by atoms with Gasteiger partial charge in [-0.1, -0.05) is 6.07 Å². The van der Waals surface area contributed by atoms with Crippen molar-refractivity contribution in [3.05, 3.63) is 23.9 Å². The Morgan fingerprint density at radius 3 is 3.06 bits per heavy atom. The van der Waals surface area contributed by atoms with Crippen LogP contribution in [0.1, 0.15) is 5.56 Å². The van der Waals surface area contributed by atoms with E-state index in [0.29, 0.717) is 12.6 Å². The van der Waals surface area contributed by atoms with Crippen molar-refractivity contribution in [1.82, 2.24) is 14.6 Å². The molecule has 0 bridgehead atoms. The number of nitrogens with one attached hydrogen (secondary N) is 1. The number of ether oxygens (including phenoxy) is 1. The summed E-state index contributed by atoms with van der Waals surface area (Å²) in [5, 5.41) is 16.4. The lowest BCUT2D eigenvalue weighted by Crippen LogP contribution is -2.29. The molecule has 2 aromatic heterocycles. The molecule has 6 nitrogen and oxygen atoms in total. The van der Waals surface area contributed by atoms with E-state index in [1.54, 1.807) is 11.6 Å². The molecule has 2 heterocycles. The molecule has 0 aliphatic carbocycles. The van der Waals surface area contributed by atoms with Crippen LogP contribution in [0, 0.1) is 6.92 Å². The van der Waals surface area contributed by atoms with E-state index < -0.39 is 0 Å². The molecule has 17 heavy (non-hydrogen) atoms. The first kappa shape index (κ1) is 11.8. The van der Waals surface area contributed by atoms with Crippen LogP contribution in [0.5, 0.6) is 0 Å². The quantitative estimate of drug-likeness (QED) is 0.789. The van der Waals surface area contributed by atoms with Crippen LogP contribution in [0.15, 0.2) is 18.3 Å². The van der Waals surface area contributed by atoms with E-state index in [-0.39, 0.29) is 12.6 Å². The Kier molecular flexibility index (Phi) is 3.55. The first-order valence-electron chi connectivity index (χ1n) is 5.42. The van der Waals surface area contributed by atoms with Crippen LogP contribution in [0.4, 0.5) is 5.95 Å². The Bertz CT molecular complexity index is 497. The van der Waals surface area contributed by atoms with E-state index >= 15 is 0 Å². The number of nitrogens with zero attached hydrogens (tertiary/aromatic N) is 3. The topological polar surface area (TPSA) is 71.7 Å². The summed E-state index contributed by atoms with van der Waals surface area (Å²) in [5.74, 6) is 0.492. The minimum Gasteiger partial charge on any atom is -0.394 e. The average Bonchev–Trinajstić information content (AvgIpc) is 2.69. The number of aromatic nitrogens is 3. The summed E-state index contributed by atoms with van der Waals surface area (Å²) >= 11 is 0. The van der Waals surface area contributed by atoms with Crippen molar-refractivity contribution < 1.29 is 9.84 Å². The smallest absolute Gasteiger partial charge is 0.243 e. The Balaban J connectivity index is 2.18. The highest BCUT2D eigenvalue weighted by molar-refractivity contribution is 5.44. The van der Waals surface area contributed by atoms with Gasteiger partial charge in [-0.3, -0.25) is 0 Å². The average molecular weight is 236 g/mol. The van der Waals surface area contributed by atoms with Gasteiger partial charge in [0.15, 0.2) is 5.65 Å². The highest BCUT2D eigenvalue weighted by atomic mass is 16.5. The van der Waals surface area contributed by atoms with Gasteiger partial charge in [-0.15, -0.1) is 5.10 Å². The summed E-state index contributed by atoms with van der Waals surface area (Å²) in [6.07, 6.45) is 1.90. The Labute approximate surface area is 99.2 Å². The van der Waals surface area contributed by atoms with E-state index in [0.717, 1.165) is 11.2 Å². The molecule has 1 atom stereocenters. The molecule has 0 saturated carbocycles. The second kappa shape index (κ2) is 5.11. The molecule has 2 N–H and O–H groups in total. The normalized spacial score (nSPS) is 12.9. The second-order valence-electron chi connectivity index (χ2n) is 3.92. The molecule has 2 aromatic rings. The lowest BCUT2D eigenvalue weighted by atomic mass is 10.3. The maximum atomic E-state index is 9.13. The van der Waals surface area contributed by atoms with Gasteiger partial charge in [0, 0.05) is 13.3 Å². The van der Waals surface area contributed by atoms with Gasteiger partial charge >= 0.3 is 0 Å². The molecule has 92 valence electrons. The molecule has 6 heteroatoms. The van der Waals surface area contributed by atoms with E-state index in [1.807, 2.05) is 25.3 Å². The molecule has 0 aromatic carbocycles. The number of rotatable bonds is 5. The number of aliphatic hydroxyl groups is 1. The molecule has 0 radical (unpaired) electrons. The standard InChI is InChI=1S/C11H16N4O2/c1-8-3-4-10-13-11(14-15(10)5-8)12-9(6-16)7-17-2/h3-5,9,16H,6-7H2,1-2H3,(H,12,14). The number of hydrogen-bond acceptors (Lipinski definition) is 5. The van der Waals surface area contributed by atoms with Gasteiger partial charge in [0.1, 0.15) is 0 Å². The second-order valence-corrected chi connectivity index (χ2v) is 3.92. The summed E-state index contributed by atoms with van der Waals surface area (Å²) in [7, 11) is 1.59. The van der Waals surface area contributed by atoms with Crippen LogP contribution in [0.3, 0.4) is 0 Å². The first-order valence-corrected chi connectivity index (χ1v) is 5.42. The third-order valence-corrected chi connectivity index (χ3v) is 2.40. The SMILES string of the molecule is COCC(CO)Nc1nc2ccc(C)cn2n1. The fraction of sp³-hybridized carbons (Fsp3) is 0.455. The Morgan fingerprint density at radius 2 is 2.35 bits per heavy atom. The molecule has 0 spiro atoms. The Hall–Kier alpha value is -1.66. The molecule has 2 rings (SSSR count). The predicted molar refractivity (Wildman–Crippen MR) is 64.1 cm³/mol. The number of fused-ring (bicyclic) bond motifs is 1. The van der Waals surface area contributed by atoms with Crippen molar-refractivity contribution >= 4 is 11.6 Å². The molecule has 0 fully saturated rings. The van der Waals surface area contributed by atoms with Gasteiger partial charge in [-0.2, -0.15) is 4.98 Å². The van der Waals surface area contributed by atoms with Crippen molar-refractivity contribution in [2.24, 2.45) is 0 Å². The van der Waals surface area contributed by atoms with Gasteiger partial charge < -0.3 is 15.2 Å². The predicted octanol–water partition coefficient (Wildman–Crippen LogP) is 0.457. The van der Waals surface area contributed by atoms with E-state index in [9.17, 15) is 0 Å². The summed E-state index contributed by atoms with van der Waals surface area (Å²) in [6, 6.07) is 3.68. The number of pyridine rings is 1. The summed E-state index contributed by atoms with van der Waals surface area (Å²) < 4.78 is 6.68. The summed E-state index contributed by atoms with van der Waals surface area (Å²) in [6.45, 7) is 2.38. The zero-order valence-corrected chi connectivity index (χ0v) is 9.92. The van der Waals surface area contributed by atoms with Gasteiger partial charge in [0.2, 0.25) is 5.95 Å². The fourth-order valence-corrected chi connectivity index (χ4v) is 1.57. The van der Waals surface area contributed by atoms with Crippen LogP contribution >= 0.6 is 0 Å². The lowest BCUT2D eigenvalue weighted by Gasteiger charge is -2.12. The first-order chi connectivity index (χ1) is 8.22. The fourth-order valence-electron chi connectivity index (χ4n) is 1.57. The number of aryl methyl sites for hydroxylation is 1. The van der Waals surface area contributed by atoms with E-state index in [4.69, 9.17) is 9.84 Å². The zero-order chi connectivity index (χ0) is 12.3. The Morgan fingerprint density at radius 1 is 1.53 bits per heavy atom. The highest BCUT2D eigenvalue weighted by Crippen LogP contribution is 2.08. The van der Waals surface area contributed by atoms with Crippen LogP contribution < -0.4 is 5.32 Å². The molecule has 0 saturated heterocycles. The highest BCUT2D eigenvalue weighted by Gasteiger charge is 2.10. The number of methoxy groups -OCH3 is 1. The summed E-state index contributed by atoms with van der Waals surface area (Å²) in [5.41, 5.74) is 1.89. The van der Waals surface area contributed by atoms with Crippen LogP contribution in [-0.2, 0) is 4.74 Å². The minimum absolute atomic E-state index is 0.0254. The van der Waals surface area contributed by atoms with E-state index in [1.165, 1.54) is 0 Å². The van der Waals surface area contributed by atoms with Gasteiger partial charge in [-0.05, 0) is 18.6 Å². The minimum atomic E-state index is -0.196. The van der Waals surface area contributed by atoms with Gasteiger partial charge in [0.25, 0.3) is 0 Å². The third kappa shape index (κ3) is 2.72. The van der Waals surface area contributed by atoms with Gasteiger partial charge in [-0.25, -0.2) is 4.52 Å². The maximum Gasteiger partial charge on any atom is 0.243 e. The monoisotopic (exact) mass is 236 g/mol. The molecule has 0 aliphatic heterocycles. The lowest BCUT2D eigenvalue weighted by molar-refractivity contribution is 0.153. The van der Waals surface area contributed by atoms with Crippen LogP contribution in [-0.4, -0.2) is 46.1 Å². The number of anilines is 1. The maximum absolute atomic E-state index is 9.13. The van der Waals surface area contributed by atoms with Crippen molar-refractivity contribution in [3.63, 3.8) is 0 Å². The third-order valence-electron chi connectivity index (χ3n) is 2.40. The molecular weight excluding hydrogens is 220 g/mol. The van der Waals surface area contributed by atoms with Crippen molar-refractivity contribution in [1.29, 1.82) is 0 Å². The molecular formula is C11H16N4O2. The van der Waals surface area contributed by atoms with Crippen LogP contribution in [0.2, 0.25) is 0 Å². The van der Waals surface area contributed by atoms with E-state index in [2.05, 4.69) is 15.4 Å². The van der Waals surface area contributed by atoms with Crippen molar-refractivity contribution in [3.8, 4) is 0 Å². The molecule has 0 aliphatic rings. The zero-order valence-electron chi connectivity index (χ0n) is 9.92. The summed E-state index contributed by atoms with van der Waals surface area (Å²) in [4.78, 5) is 4.30. The molecule has 0 amide bonds. The largest absolute Gasteiger partial charge is 0.394 e. The van der Waals surface area contributed by atoms with Gasteiger partial charge in [0.05, 0.1) is 19.3 Å². The number of hydrogen-bond donors (Lipinski definition) is 2.